The van der Waals surface area contributed by atoms with Crippen molar-refractivity contribution in [1.29, 1.82) is 0 Å². The van der Waals surface area contributed by atoms with Crippen LogP contribution < -0.4 is 5.73 Å². The molecule has 0 atom stereocenters. The maximum atomic E-state index is 5.76. The molecule has 0 unspecified atom stereocenters. The van der Waals surface area contributed by atoms with Gasteiger partial charge in [-0.15, -0.1) is 0 Å². The van der Waals surface area contributed by atoms with Crippen LogP contribution in [0.3, 0.4) is 0 Å². The fourth-order valence-electron chi connectivity index (χ4n) is 1.72. The first-order valence-electron chi connectivity index (χ1n) is 5.04. The molecular formula is C11H16N4. The molecule has 0 aliphatic heterocycles. The molecule has 4 heteroatoms. The van der Waals surface area contributed by atoms with Gasteiger partial charge in [-0.2, -0.15) is 0 Å². The highest BCUT2D eigenvalue weighted by molar-refractivity contribution is 5.71. The quantitative estimate of drug-likeness (QED) is 0.799. The van der Waals surface area contributed by atoms with E-state index in [1.807, 2.05) is 23.7 Å². The largest absolute Gasteiger partial charge is 0.329 e. The predicted molar refractivity (Wildman–Crippen MR) is 60.6 cm³/mol. The predicted octanol–water partition coefficient (Wildman–Crippen LogP) is 1.20. The Morgan fingerprint density at radius 1 is 1.47 bits per heavy atom. The van der Waals surface area contributed by atoms with Crippen molar-refractivity contribution in [1.82, 2.24) is 14.5 Å². The second-order valence-corrected chi connectivity index (χ2v) is 4.43. The maximum absolute atomic E-state index is 5.76. The van der Waals surface area contributed by atoms with Crippen LogP contribution in [0.15, 0.2) is 18.3 Å². The molecule has 0 fully saturated rings. The lowest BCUT2D eigenvalue weighted by Gasteiger charge is -2.21. The summed E-state index contributed by atoms with van der Waals surface area (Å²) in [5.74, 6) is 0.985. The number of nitrogens with two attached hydrogens (primary N) is 1. The van der Waals surface area contributed by atoms with E-state index in [1.54, 1.807) is 6.20 Å². The average Bonchev–Trinajstić information content (AvgIpc) is 2.58. The Balaban J connectivity index is 2.68. The molecule has 0 radical (unpaired) electrons. The third-order valence-electron chi connectivity index (χ3n) is 2.74. The molecule has 2 aromatic rings. The molecule has 0 aliphatic rings. The summed E-state index contributed by atoms with van der Waals surface area (Å²) in [5, 5.41) is 0. The summed E-state index contributed by atoms with van der Waals surface area (Å²) in [4.78, 5) is 8.88. The van der Waals surface area contributed by atoms with Gasteiger partial charge in [0.25, 0.3) is 0 Å². The molecule has 0 saturated carbocycles. The molecule has 2 aromatic heterocycles. The minimum absolute atomic E-state index is 0.116. The second-order valence-electron chi connectivity index (χ2n) is 4.43. The lowest BCUT2D eigenvalue weighted by Crippen LogP contribution is -2.31. The van der Waals surface area contributed by atoms with Crippen LogP contribution >= 0.6 is 0 Å². The first kappa shape index (κ1) is 10.1. The Bertz CT molecular complexity index is 484. The molecule has 0 aromatic carbocycles. The molecule has 80 valence electrons. The van der Waals surface area contributed by atoms with Crippen molar-refractivity contribution in [2.45, 2.75) is 19.3 Å². The molecule has 0 bridgehead atoms. The maximum Gasteiger partial charge on any atom is 0.159 e. The van der Waals surface area contributed by atoms with Gasteiger partial charge in [0.1, 0.15) is 11.3 Å². The first-order valence-corrected chi connectivity index (χ1v) is 5.04. The fraction of sp³-hybridized carbons (Fsp3) is 0.455. The van der Waals surface area contributed by atoms with E-state index in [9.17, 15) is 0 Å². The van der Waals surface area contributed by atoms with Crippen LogP contribution in [0, 0.1) is 0 Å². The lowest BCUT2D eigenvalue weighted by molar-refractivity contribution is 0.487. The number of rotatable bonds is 2. The lowest BCUT2D eigenvalue weighted by atomic mass is 9.93. The van der Waals surface area contributed by atoms with Crippen molar-refractivity contribution in [3.63, 3.8) is 0 Å². The number of imidazole rings is 1. The van der Waals surface area contributed by atoms with Crippen molar-refractivity contribution in [3.8, 4) is 0 Å². The van der Waals surface area contributed by atoms with Gasteiger partial charge in [-0.1, -0.05) is 13.8 Å². The van der Waals surface area contributed by atoms with Crippen LogP contribution in [0.5, 0.6) is 0 Å². The van der Waals surface area contributed by atoms with Crippen molar-refractivity contribution in [3.05, 3.63) is 24.2 Å². The smallest absolute Gasteiger partial charge is 0.159 e. The Morgan fingerprint density at radius 3 is 2.80 bits per heavy atom. The van der Waals surface area contributed by atoms with Crippen LogP contribution in [0.2, 0.25) is 0 Å². The Labute approximate surface area is 89.1 Å². The minimum Gasteiger partial charge on any atom is -0.329 e. The highest BCUT2D eigenvalue weighted by Crippen LogP contribution is 2.23. The number of aromatic nitrogens is 3. The van der Waals surface area contributed by atoms with Gasteiger partial charge in [-0.05, 0) is 12.1 Å². The van der Waals surface area contributed by atoms with Crippen molar-refractivity contribution >= 4 is 11.2 Å². The summed E-state index contributed by atoms with van der Waals surface area (Å²) in [6.07, 6.45) is 1.78. The first-order chi connectivity index (χ1) is 7.06. The van der Waals surface area contributed by atoms with Gasteiger partial charge in [0, 0.05) is 25.2 Å². The summed E-state index contributed by atoms with van der Waals surface area (Å²) in [5.41, 5.74) is 7.48. The van der Waals surface area contributed by atoms with Crippen LogP contribution in [0.4, 0.5) is 0 Å². The minimum atomic E-state index is -0.116. The summed E-state index contributed by atoms with van der Waals surface area (Å²) in [6, 6.07) is 3.87. The zero-order valence-corrected chi connectivity index (χ0v) is 9.36. The van der Waals surface area contributed by atoms with Gasteiger partial charge in [-0.25, -0.2) is 9.97 Å². The molecule has 2 N–H and O–H groups in total. The number of pyridine rings is 1. The van der Waals surface area contributed by atoms with E-state index >= 15 is 0 Å². The molecule has 0 amide bonds. The van der Waals surface area contributed by atoms with Gasteiger partial charge >= 0.3 is 0 Å². The van der Waals surface area contributed by atoms with E-state index in [1.165, 1.54) is 0 Å². The SMILES string of the molecule is Cn1c(C(C)(C)CN)nc2cccnc21. The molecule has 2 rings (SSSR count). The third kappa shape index (κ3) is 1.51. The molecule has 0 spiro atoms. The number of hydrogen-bond donors (Lipinski definition) is 1. The molecular weight excluding hydrogens is 188 g/mol. The van der Waals surface area contributed by atoms with Gasteiger partial charge in [-0.3, -0.25) is 0 Å². The van der Waals surface area contributed by atoms with Gasteiger partial charge in [0.05, 0.1) is 0 Å². The summed E-state index contributed by atoms with van der Waals surface area (Å²) in [6.45, 7) is 4.76. The van der Waals surface area contributed by atoms with Gasteiger partial charge in [0.15, 0.2) is 5.65 Å². The van der Waals surface area contributed by atoms with E-state index in [0.29, 0.717) is 6.54 Å². The van der Waals surface area contributed by atoms with Crippen molar-refractivity contribution < 1.29 is 0 Å². The molecule has 15 heavy (non-hydrogen) atoms. The molecule has 2 heterocycles. The highest BCUT2D eigenvalue weighted by Gasteiger charge is 2.25. The molecule has 0 saturated heterocycles. The fourth-order valence-corrected chi connectivity index (χ4v) is 1.72. The van der Waals surface area contributed by atoms with Gasteiger partial charge < -0.3 is 10.3 Å². The van der Waals surface area contributed by atoms with Crippen molar-refractivity contribution in [2.24, 2.45) is 12.8 Å². The molecule has 4 nitrogen and oxygen atoms in total. The van der Waals surface area contributed by atoms with Crippen LogP contribution in [-0.2, 0) is 12.5 Å². The average molecular weight is 204 g/mol. The summed E-state index contributed by atoms with van der Waals surface area (Å²) in [7, 11) is 1.98. The topological polar surface area (TPSA) is 56.7 Å². The highest BCUT2D eigenvalue weighted by atomic mass is 15.1. The van der Waals surface area contributed by atoms with Gasteiger partial charge in [0.2, 0.25) is 0 Å². The van der Waals surface area contributed by atoms with Crippen LogP contribution in [0.1, 0.15) is 19.7 Å². The van der Waals surface area contributed by atoms with Crippen LogP contribution in [-0.4, -0.2) is 21.1 Å². The van der Waals surface area contributed by atoms with E-state index in [0.717, 1.165) is 17.0 Å². The van der Waals surface area contributed by atoms with E-state index < -0.39 is 0 Å². The second kappa shape index (κ2) is 3.31. The number of fused-ring (bicyclic) bond motifs is 1. The zero-order chi connectivity index (χ0) is 11.1. The number of nitrogens with zero attached hydrogens (tertiary/aromatic N) is 3. The van der Waals surface area contributed by atoms with E-state index in [2.05, 4.69) is 23.8 Å². The third-order valence-corrected chi connectivity index (χ3v) is 2.74. The van der Waals surface area contributed by atoms with E-state index in [-0.39, 0.29) is 5.41 Å². The number of aryl methyl sites for hydroxylation is 1. The Hall–Kier alpha value is -1.42. The van der Waals surface area contributed by atoms with Crippen molar-refractivity contribution in [2.75, 3.05) is 6.54 Å². The monoisotopic (exact) mass is 204 g/mol. The van der Waals surface area contributed by atoms with Crippen LogP contribution in [0.25, 0.3) is 11.2 Å². The normalized spacial score (nSPS) is 12.3. The summed E-state index contributed by atoms with van der Waals surface area (Å²) >= 11 is 0. The number of hydrogen-bond acceptors (Lipinski definition) is 3. The Kier molecular flexibility index (Phi) is 2.23. The summed E-state index contributed by atoms with van der Waals surface area (Å²) < 4.78 is 2.02. The zero-order valence-electron chi connectivity index (χ0n) is 9.36. The van der Waals surface area contributed by atoms with E-state index in [4.69, 9.17) is 5.73 Å². The standard InChI is InChI=1S/C11H16N4/c1-11(2,7-12)10-14-8-5-4-6-13-9(8)15(10)3/h4-6H,7,12H2,1-3H3. The Morgan fingerprint density at radius 2 is 2.20 bits per heavy atom. The molecule has 0 aliphatic carbocycles.